The van der Waals surface area contributed by atoms with Crippen molar-refractivity contribution < 1.29 is 0 Å². The van der Waals surface area contributed by atoms with Gasteiger partial charge in [-0.2, -0.15) is 0 Å². The molecule has 4 N–H and O–H groups in total. The fourth-order valence-corrected chi connectivity index (χ4v) is 4.34. The van der Waals surface area contributed by atoms with Crippen LogP contribution in [0.15, 0.2) is 117 Å². The van der Waals surface area contributed by atoms with Crippen LogP contribution < -0.4 is 21.3 Å². The first kappa shape index (κ1) is 18.6. The molecule has 0 fully saturated rings. The Morgan fingerprint density at radius 2 is 1.38 bits per heavy atom. The van der Waals surface area contributed by atoms with Gasteiger partial charge in [0, 0.05) is 35.5 Å². The molecule has 34 heavy (non-hydrogen) atoms. The van der Waals surface area contributed by atoms with Crippen LogP contribution in [0.5, 0.6) is 0 Å². The fourth-order valence-electron chi connectivity index (χ4n) is 4.34. The van der Waals surface area contributed by atoms with Gasteiger partial charge in [-0.1, -0.05) is 0 Å². The Morgan fingerprint density at radius 1 is 0.676 bits per heavy atom. The highest BCUT2D eigenvalue weighted by Gasteiger charge is 2.29. The standard InChI is InChI=1S/C26H18N8/c1-2-16-12-18-4-6-20(33-18)14-22-24(26-29-9-10-30-26)23(25-27-7-8-28-25)21(34-22)13-19-5-3-17(32-19)11-15(1)31-16/h1-14,27-28,31H,(H,29,30). The molecule has 0 radical (unpaired) electrons. The van der Waals surface area contributed by atoms with Gasteiger partial charge < -0.3 is 20.6 Å². The zero-order chi connectivity index (χ0) is 22.5. The summed E-state index contributed by atoms with van der Waals surface area (Å²) in [6, 6.07) is 4.08. The number of allylic oxidation sites excluding steroid dienone is 8. The molecule has 0 unspecified atom stereocenters. The third-order valence-electron chi connectivity index (χ3n) is 5.80. The summed E-state index contributed by atoms with van der Waals surface area (Å²) in [4.78, 5) is 25.8. The van der Waals surface area contributed by atoms with E-state index in [-0.39, 0.29) is 0 Å². The van der Waals surface area contributed by atoms with E-state index in [2.05, 4.69) is 25.6 Å². The number of rotatable bonds is 1. The van der Waals surface area contributed by atoms with Crippen molar-refractivity contribution in [2.24, 2.45) is 15.0 Å². The zero-order valence-corrected chi connectivity index (χ0v) is 17.9. The van der Waals surface area contributed by atoms with Crippen LogP contribution in [0.4, 0.5) is 0 Å². The minimum atomic E-state index is 0.732. The Hall–Kier alpha value is -4.98. The van der Waals surface area contributed by atoms with Crippen LogP contribution in [0, 0.1) is 0 Å². The van der Waals surface area contributed by atoms with Crippen molar-refractivity contribution in [2.45, 2.75) is 0 Å². The van der Waals surface area contributed by atoms with E-state index in [1.807, 2.05) is 79.3 Å². The highest BCUT2D eigenvalue weighted by molar-refractivity contribution is 6.25. The molecule has 0 atom stereocenters. The molecule has 0 aliphatic carbocycles. The third-order valence-corrected chi connectivity index (χ3v) is 5.80. The van der Waals surface area contributed by atoms with E-state index in [0.29, 0.717) is 0 Å². The van der Waals surface area contributed by atoms with Gasteiger partial charge in [-0.05, 0) is 60.7 Å². The molecular formula is C26H18N8. The van der Waals surface area contributed by atoms with Crippen molar-refractivity contribution in [3.05, 3.63) is 118 Å². The molecule has 5 aliphatic rings. The minimum Gasteiger partial charge on any atom is -0.355 e. The van der Waals surface area contributed by atoms with Crippen molar-refractivity contribution >= 4 is 34.9 Å². The topological polar surface area (TPSA) is 106 Å². The van der Waals surface area contributed by atoms with Gasteiger partial charge in [0.1, 0.15) is 11.6 Å². The maximum absolute atomic E-state index is 5.01. The summed E-state index contributed by atoms with van der Waals surface area (Å²) in [6.45, 7) is 0. The Morgan fingerprint density at radius 3 is 2.06 bits per heavy atom. The maximum atomic E-state index is 5.01. The molecule has 7 rings (SSSR count). The largest absolute Gasteiger partial charge is 0.355 e. The van der Waals surface area contributed by atoms with Crippen LogP contribution in [0.25, 0.3) is 17.7 Å². The van der Waals surface area contributed by atoms with Crippen molar-refractivity contribution in [3.8, 4) is 0 Å². The first-order valence-corrected chi connectivity index (χ1v) is 10.9. The van der Waals surface area contributed by atoms with E-state index in [9.17, 15) is 0 Å². The summed E-state index contributed by atoms with van der Waals surface area (Å²) in [6.07, 6.45) is 23.3. The number of H-pyrrole nitrogens is 2. The van der Waals surface area contributed by atoms with Gasteiger partial charge in [-0.25, -0.2) is 20.0 Å². The molecule has 0 spiro atoms. The highest BCUT2D eigenvalue weighted by Crippen LogP contribution is 2.36. The summed E-state index contributed by atoms with van der Waals surface area (Å²) in [5, 5.41) is 8.53. The quantitative estimate of drug-likeness (QED) is 0.542. The number of hydrogen-bond acceptors (Lipinski definition) is 6. The van der Waals surface area contributed by atoms with E-state index in [0.717, 1.165) is 67.7 Å². The number of hydrogen-bond donors (Lipinski definition) is 4. The van der Waals surface area contributed by atoms with E-state index in [4.69, 9.17) is 15.0 Å². The lowest BCUT2D eigenvalue weighted by Gasteiger charge is -2.10. The van der Waals surface area contributed by atoms with Gasteiger partial charge in [0.25, 0.3) is 0 Å². The zero-order valence-electron chi connectivity index (χ0n) is 17.9. The monoisotopic (exact) mass is 442 g/mol. The van der Waals surface area contributed by atoms with Crippen LogP contribution in [0.2, 0.25) is 0 Å². The summed E-state index contributed by atoms with van der Waals surface area (Å²) in [7, 11) is 0. The molecule has 162 valence electrons. The van der Waals surface area contributed by atoms with Gasteiger partial charge in [-0.3, -0.25) is 0 Å². The third kappa shape index (κ3) is 3.17. The van der Waals surface area contributed by atoms with Gasteiger partial charge in [0.2, 0.25) is 0 Å². The molecular weight excluding hydrogens is 424 g/mol. The average Bonchev–Trinajstić information content (AvgIpc) is 3.65. The summed E-state index contributed by atoms with van der Waals surface area (Å²) in [5.41, 5.74) is 6.76. The summed E-state index contributed by atoms with van der Waals surface area (Å²) < 4.78 is 0. The lowest BCUT2D eigenvalue weighted by Crippen LogP contribution is -2.17. The maximum Gasteiger partial charge on any atom is 0.140 e. The van der Waals surface area contributed by atoms with Crippen LogP contribution >= 0.6 is 0 Å². The molecule has 0 amide bonds. The number of aromatic amines is 2. The van der Waals surface area contributed by atoms with Crippen molar-refractivity contribution in [1.29, 1.82) is 0 Å². The van der Waals surface area contributed by atoms with Crippen molar-refractivity contribution in [2.75, 3.05) is 0 Å². The predicted octanol–water partition coefficient (Wildman–Crippen LogP) is 1.84. The normalized spacial score (nSPS) is 19.8. The molecule has 2 aromatic heterocycles. The number of aromatic nitrogens is 3. The summed E-state index contributed by atoms with van der Waals surface area (Å²) >= 11 is 0. The van der Waals surface area contributed by atoms with Crippen LogP contribution in [-0.4, -0.2) is 32.1 Å². The van der Waals surface area contributed by atoms with E-state index >= 15 is 0 Å². The number of imidazole rings is 1. The Labute approximate surface area is 194 Å². The lowest BCUT2D eigenvalue weighted by molar-refractivity contribution is 0.980. The number of nitrogens with zero attached hydrogens (tertiary/aromatic N) is 4. The van der Waals surface area contributed by atoms with Crippen LogP contribution in [-0.2, 0) is 0 Å². The number of fused-ring (bicyclic) bond motifs is 5. The molecule has 7 heterocycles. The predicted molar refractivity (Wildman–Crippen MR) is 134 cm³/mol. The first-order valence-electron chi connectivity index (χ1n) is 10.9. The van der Waals surface area contributed by atoms with E-state index in [1.165, 1.54) is 0 Å². The highest BCUT2D eigenvalue weighted by atomic mass is 15.1. The number of aliphatic imine (C=N–C) groups is 3. The smallest absolute Gasteiger partial charge is 0.140 e. The van der Waals surface area contributed by atoms with Crippen molar-refractivity contribution in [1.82, 2.24) is 25.6 Å². The van der Waals surface area contributed by atoms with Crippen molar-refractivity contribution in [3.63, 3.8) is 0 Å². The van der Waals surface area contributed by atoms with Crippen LogP contribution in [0.1, 0.15) is 5.82 Å². The average molecular weight is 442 g/mol. The molecule has 8 heteroatoms. The molecule has 5 aliphatic heterocycles. The second kappa shape index (κ2) is 7.28. The Kier molecular flexibility index (Phi) is 3.98. The van der Waals surface area contributed by atoms with Gasteiger partial charge in [-0.15, -0.1) is 0 Å². The molecule has 8 bridgehead atoms. The van der Waals surface area contributed by atoms with Gasteiger partial charge in [0.05, 0.1) is 45.4 Å². The Balaban J connectivity index is 1.49. The van der Waals surface area contributed by atoms with Gasteiger partial charge in [0.15, 0.2) is 0 Å². The summed E-state index contributed by atoms with van der Waals surface area (Å²) in [5.74, 6) is 1.57. The van der Waals surface area contributed by atoms with Crippen LogP contribution in [0.3, 0.4) is 0 Å². The van der Waals surface area contributed by atoms with Gasteiger partial charge >= 0.3 is 0 Å². The first-order chi connectivity index (χ1) is 16.8. The fraction of sp³-hybridized carbons (Fsp3) is 0. The second-order valence-corrected chi connectivity index (χ2v) is 8.10. The van der Waals surface area contributed by atoms with E-state index in [1.54, 1.807) is 6.20 Å². The molecule has 0 saturated carbocycles. The Bertz CT molecular complexity index is 1660. The molecule has 0 saturated heterocycles. The SMILES string of the molecule is C1=CNC(=C2C3=NC(=C2c2ncc[nH]2)C=C2C=CC(=N2)C=c2ccc([nH]2)=CC2=NC(=C3)C=C2)N1. The second-order valence-electron chi connectivity index (χ2n) is 8.10. The minimum absolute atomic E-state index is 0.732. The molecule has 8 nitrogen and oxygen atoms in total. The molecule has 0 aromatic carbocycles. The lowest BCUT2D eigenvalue weighted by atomic mass is 10.00. The van der Waals surface area contributed by atoms with E-state index < -0.39 is 0 Å². The number of nitrogens with one attached hydrogen (secondary N) is 4. The molecule has 2 aromatic rings.